The summed E-state index contributed by atoms with van der Waals surface area (Å²) in [6.07, 6.45) is 9.76. The average Bonchev–Trinajstić information content (AvgIpc) is 2.47. The lowest BCUT2D eigenvalue weighted by Gasteiger charge is -2.07. The van der Waals surface area contributed by atoms with E-state index in [-0.39, 0.29) is 11.9 Å². The molecule has 0 aliphatic rings. The van der Waals surface area contributed by atoms with E-state index in [1.807, 2.05) is 6.92 Å². The van der Waals surface area contributed by atoms with Crippen LogP contribution in [0.5, 0.6) is 0 Å². The summed E-state index contributed by atoms with van der Waals surface area (Å²) in [5.74, 6) is 11.8. The van der Waals surface area contributed by atoms with Gasteiger partial charge in [0.2, 0.25) is 0 Å². The molecule has 0 saturated heterocycles. The highest BCUT2D eigenvalue weighted by atomic mass is 16.5. The lowest BCUT2D eigenvalue weighted by Crippen LogP contribution is -2.12. The van der Waals surface area contributed by atoms with Crippen molar-refractivity contribution < 1.29 is 9.53 Å². The van der Waals surface area contributed by atoms with Crippen LogP contribution in [0.3, 0.4) is 0 Å². The van der Waals surface area contributed by atoms with Gasteiger partial charge < -0.3 is 4.74 Å². The molecule has 0 bridgehead atoms. The van der Waals surface area contributed by atoms with Crippen molar-refractivity contribution in [2.45, 2.75) is 71.6 Å². The summed E-state index contributed by atoms with van der Waals surface area (Å²) in [5, 5.41) is 0. The molecule has 0 heterocycles. The molecule has 0 amide bonds. The van der Waals surface area contributed by atoms with Crippen molar-refractivity contribution in [1.29, 1.82) is 0 Å². The number of rotatable bonds is 9. The molecular weight excluding hydrogens is 248 g/mol. The van der Waals surface area contributed by atoms with Crippen LogP contribution in [0.15, 0.2) is 0 Å². The maximum absolute atomic E-state index is 11.2. The topological polar surface area (TPSA) is 26.3 Å². The Morgan fingerprint density at radius 3 is 2.15 bits per heavy atom. The summed E-state index contributed by atoms with van der Waals surface area (Å²) < 4.78 is 4.68. The average molecular weight is 276 g/mol. The zero-order valence-corrected chi connectivity index (χ0v) is 13.3. The van der Waals surface area contributed by atoms with Crippen LogP contribution in [0.4, 0.5) is 0 Å². The molecule has 0 aromatic carbocycles. The van der Waals surface area contributed by atoms with Gasteiger partial charge in [-0.1, -0.05) is 51.4 Å². The minimum atomic E-state index is -0.120. The number of carbonyl (C=O) groups is 1. The van der Waals surface area contributed by atoms with Gasteiger partial charge in [0, 0.05) is 12.8 Å². The Bertz CT molecular complexity index is 362. The molecule has 0 rings (SSSR count). The number of esters is 1. The summed E-state index contributed by atoms with van der Waals surface area (Å²) in [7, 11) is 1.44. The lowest BCUT2D eigenvalue weighted by atomic mass is 10.0. The van der Waals surface area contributed by atoms with Gasteiger partial charge in [0.05, 0.1) is 13.0 Å². The maximum atomic E-state index is 11.2. The first-order valence-electron chi connectivity index (χ1n) is 7.75. The largest absolute Gasteiger partial charge is 0.469 e. The van der Waals surface area contributed by atoms with Crippen LogP contribution in [0.1, 0.15) is 71.6 Å². The molecule has 0 fully saturated rings. The van der Waals surface area contributed by atoms with E-state index >= 15 is 0 Å². The van der Waals surface area contributed by atoms with Crippen LogP contribution in [-0.4, -0.2) is 13.1 Å². The number of hydrogen-bond donors (Lipinski definition) is 0. The van der Waals surface area contributed by atoms with E-state index in [2.05, 4.69) is 35.3 Å². The number of carbonyl (C=O) groups excluding carboxylic acids is 1. The van der Waals surface area contributed by atoms with Crippen molar-refractivity contribution in [1.82, 2.24) is 0 Å². The third kappa shape index (κ3) is 11.7. The van der Waals surface area contributed by atoms with Gasteiger partial charge in [0.1, 0.15) is 0 Å². The van der Waals surface area contributed by atoms with Gasteiger partial charge in [0.25, 0.3) is 0 Å². The first-order valence-corrected chi connectivity index (χ1v) is 7.75. The fraction of sp³-hybridized carbons (Fsp3) is 0.722. The molecule has 2 heteroatoms. The SMILES string of the molecule is CCCCCCC#CC#CCCCCC(C)C(=O)OC. The number of ether oxygens (including phenoxy) is 1. The predicted molar refractivity (Wildman–Crippen MR) is 84.0 cm³/mol. The van der Waals surface area contributed by atoms with Crippen molar-refractivity contribution in [3.05, 3.63) is 0 Å². The Kier molecular flexibility index (Phi) is 13.0. The molecule has 112 valence electrons. The fourth-order valence-corrected chi connectivity index (χ4v) is 1.84. The Morgan fingerprint density at radius 1 is 1.00 bits per heavy atom. The monoisotopic (exact) mass is 276 g/mol. The zero-order valence-electron chi connectivity index (χ0n) is 13.3. The van der Waals surface area contributed by atoms with Gasteiger partial charge >= 0.3 is 5.97 Å². The van der Waals surface area contributed by atoms with Crippen molar-refractivity contribution in [2.75, 3.05) is 7.11 Å². The maximum Gasteiger partial charge on any atom is 0.308 e. The van der Waals surface area contributed by atoms with Crippen LogP contribution in [0.25, 0.3) is 0 Å². The molecule has 1 atom stereocenters. The summed E-state index contributed by atoms with van der Waals surface area (Å²) in [6, 6.07) is 0. The minimum Gasteiger partial charge on any atom is -0.469 e. The van der Waals surface area contributed by atoms with Crippen molar-refractivity contribution in [3.63, 3.8) is 0 Å². The predicted octanol–water partition coefficient (Wildman–Crippen LogP) is 4.33. The third-order valence-electron chi connectivity index (χ3n) is 3.19. The molecule has 0 aromatic heterocycles. The van der Waals surface area contributed by atoms with Crippen LogP contribution < -0.4 is 0 Å². The fourth-order valence-electron chi connectivity index (χ4n) is 1.84. The summed E-state index contributed by atoms with van der Waals surface area (Å²) in [6.45, 7) is 4.12. The van der Waals surface area contributed by atoms with Crippen LogP contribution in [0, 0.1) is 29.6 Å². The molecule has 20 heavy (non-hydrogen) atoms. The van der Waals surface area contributed by atoms with Gasteiger partial charge in [-0.05, 0) is 31.1 Å². The normalized spacial score (nSPS) is 10.8. The standard InChI is InChI=1S/C18H28O2/c1-4-5-6-7-8-9-10-11-12-13-14-15-16-17(2)18(19)20-3/h17H,4-8,13-16H2,1-3H3. The van der Waals surface area contributed by atoms with Gasteiger partial charge in [-0.3, -0.25) is 4.79 Å². The Labute approximate surface area is 124 Å². The van der Waals surface area contributed by atoms with E-state index in [1.165, 1.54) is 32.8 Å². The van der Waals surface area contributed by atoms with E-state index in [0.717, 1.165) is 32.1 Å². The van der Waals surface area contributed by atoms with Crippen molar-refractivity contribution in [3.8, 4) is 23.7 Å². The quantitative estimate of drug-likeness (QED) is 0.356. The smallest absolute Gasteiger partial charge is 0.308 e. The molecule has 0 aliphatic carbocycles. The Morgan fingerprint density at radius 2 is 1.60 bits per heavy atom. The van der Waals surface area contributed by atoms with Gasteiger partial charge in [0.15, 0.2) is 0 Å². The van der Waals surface area contributed by atoms with Gasteiger partial charge in [-0.25, -0.2) is 0 Å². The van der Waals surface area contributed by atoms with E-state index in [0.29, 0.717) is 0 Å². The molecule has 1 unspecified atom stereocenters. The van der Waals surface area contributed by atoms with Crippen LogP contribution in [-0.2, 0) is 9.53 Å². The molecule has 0 N–H and O–H groups in total. The molecule has 0 aromatic rings. The second-order valence-electron chi connectivity index (χ2n) is 5.08. The second-order valence-corrected chi connectivity index (χ2v) is 5.08. The second kappa shape index (κ2) is 14.0. The summed E-state index contributed by atoms with van der Waals surface area (Å²) in [5.41, 5.74) is 0. The Balaban J connectivity index is 3.50. The van der Waals surface area contributed by atoms with E-state index in [9.17, 15) is 4.79 Å². The zero-order chi connectivity index (χ0) is 15.1. The van der Waals surface area contributed by atoms with E-state index < -0.39 is 0 Å². The highest BCUT2D eigenvalue weighted by Crippen LogP contribution is 2.10. The first-order chi connectivity index (χ1) is 9.72. The van der Waals surface area contributed by atoms with E-state index in [4.69, 9.17) is 0 Å². The number of hydrogen-bond acceptors (Lipinski definition) is 2. The highest BCUT2D eigenvalue weighted by molar-refractivity contribution is 5.71. The van der Waals surface area contributed by atoms with E-state index in [1.54, 1.807) is 0 Å². The van der Waals surface area contributed by atoms with Crippen LogP contribution >= 0.6 is 0 Å². The Hall–Kier alpha value is -1.41. The third-order valence-corrected chi connectivity index (χ3v) is 3.19. The summed E-state index contributed by atoms with van der Waals surface area (Å²) >= 11 is 0. The molecule has 0 radical (unpaired) electrons. The van der Waals surface area contributed by atoms with Crippen molar-refractivity contribution in [2.24, 2.45) is 5.92 Å². The van der Waals surface area contributed by atoms with Crippen molar-refractivity contribution >= 4 is 5.97 Å². The van der Waals surface area contributed by atoms with Crippen LogP contribution in [0.2, 0.25) is 0 Å². The van der Waals surface area contributed by atoms with Gasteiger partial charge in [-0.15, -0.1) is 0 Å². The molecule has 0 aliphatic heterocycles. The first kappa shape index (κ1) is 18.6. The molecule has 0 saturated carbocycles. The molecule has 0 spiro atoms. The molecular formula is C18H28O2. The number of methoxy groups -OCH3 is 1. The number of unbranched alkanes of at least 4 members (excludes halogenated alkanes) is 6. The minimum absolute atomic E-state index is 0.00382. The molecule has 2 nitrogen and oxygen atoms in total. The highest BCUT2D eigenvalue weighted by Gasteiger charge is 2.11. The van der Waals surface area contributed by atoms with Gasteiger partial charge in [-0.2, -0.15) is 0 Å². The summed E-state index contributed by atoms with van der Waals surface area (Å²) in [4.78, 5) is 11.2. The lowest BCUT2D eigenvalue weighted by molar-refractivity contribution is -0.145.